The molecule has 2 heteroatoms. The van der Waals surface area contributed by atoms with Crippen LogP contribution >= 0.6 is 0 Å². The van der Waals surface area contributed by atoms with E-state index in [1.54, 1.807) is 14.0 Å². The maximum atomic E-state index is 9.41. The lowest BCUT2D eigenvalue weighted by Crippen LogP contribution is -1.99. The van der Waals surface area contributed by atoms with Gasteiger partial charge in [-0.3, -0.25) is 4.79 Å². The maximum absolute atomic E-state index is 9.41. The van der Waals surface area contributed by atoms with Gasteiger partial charge in [0.25, 0.3) is 0 Å². The zero-order valence-corrected chi connectivity index (χ0v) is 22.4. The van der Waals surface area contributed by atoms with Crippen molar-refractivity contribution >= 4 is 6.29 Å². The molecule has 0 amide bonds. The lowest BCUT2D eigenvalue weighted by Gasteiger charge is -2.15. The Kier molecular flexibility index (Phi) is 18.9. The molecule has 0 spiro atoms. The van der Waals surface area contributed by atoms with Crippen molar-refractivity contribution in [2.45, 2.75) is 67.2 Å². The molecule has 0 rings (SSSR count). The molecule has 0 N–H and O–H groups in total. The minimum atomic E-state index is 0.310. The average molecular weight is 453 g/mol. The summed E-state index contributed by atoms with van der Waals surface area (Å²) < 4.78 is 5.24. The molecule has 0 bridgehead atoms. The van der Waals surface area contributed by atoms with Gasteiger partial charge in [0, 0.05) is 7.11 Å². The van der Waals surface area contributed by atoms with Crippen LogP contribution in [0.15, 0.2) is 96.2 Å². The fourth-order valence-corrected chi connectivity index (χ4v) is 2.67. The molecular formula is C31H48O2. The molecular weight excluding hydrogens is 404 g/mol. The van der Waals surface area contributed by atoms with Crippen molar-refractivity contribution in [3.8, 4) is 0 Å². The van der Waals surface area contributed by atoms with Crippen LogP contribution in [0.2, 0.25) is 0 Å². The molecule has 0 aliphatic heterocycles. The first-order valence-electron chi connectivity index (χ1n) is 11.9. The van der Waals surface area contributed by atoms with Gasteiger partial charge in [-0.1, -0.05) is 104 Å². The van der Waals surface area contributed by atoms with E-state index in [9.17, 15) is 4.79 Å². The fraction of sp³-hybridized carbons (Fsp3) is 0.452. The van der Waals surface area contributed by atoms with Crippen molar-refractivity contribution in [3.63, 3.8) is 0 Å². The van der Waals surface area contributed by atoms with Crippen molar-refractivity contribution < 1.29 is 9.53 Å². The third kappa shape index (κ3) is 15.1. The van der Waals surface area contributed by atoms with E-state index in [-0.39, 0.29) is 0 Å². The second kappa shape index (κ2) is 19.1. The van der Waals surface area contributed by atoms with Crippen LogP contribution in [-0.4, -0.2) is 20.0 Å². The van der Waals surface area contributed by atoms with Crippen LogP contribution in [-0.2, 0) is 9.53 Å². The van der Waals surface area contributed by atoms with Crippen LogP contribution < -0.4 is 0 Å². The summed E-state index contributed by atoms with van der Waals surface area (Å²) in [6.07, 6.45) is 13.4. The number of carbonyl (C=O) groups excluding carboxylic acids is 1. The van der Waals surface area contributed by atoms with E-state index in [1.165, 1.54) is 11.1 Å². The smallest absolute Gasteiger partial charge is 0.145 e. The molecule has 0 fully saturated rings. The average Bonchev–Trinajstić information content (AvgIpc) is 2.81. The summed E-state index contributed by atoms with van der Waals surface area (Å²) in [7, 11) is 1.72. The quantitative estimate of drug-likeness (QED) is 0.107. The largest absolute Gasteiger partial charge is 0.384 e. The third-order valence-electron chi connectivity index (χ3n) is 5.48. The number of carbonyl (C=O) groups is 1. The Labute approximate surface area is 204 Å². The molecule has 2 atom stereocenters. The van der Waals surface area contributed by atoms with Crippen LogP contribution in [0.5, 0.6) is 0 Å². The van der Waals surface area contributed by atoms with Crippen molar-refractivity contribution in [1.82, 2.24) is 0 Å². The highest BCUT2D eigenvalue weighted by molar-refractivity contribution is 5.70. The van der Waals surface area contributed by atoms with Gasteiger partial charge in [0.2, 0.25) is 0 Å². The molecule has 0 heterocycles. The normalized spacial score (nSPS) is 13.5. The highest BCUT2D eigenvalue weighted by Crippen LogP contribution is 2.27. The van der Waals surface area contributed by atoms with Gasteiger partial charge < -0.3 is 4.74 Å². The first-order chi connectivity index (χ1) is 15.5. The standard InChI is InChI=1S/C27H42O.C4H6O/c1-11-20(4)14-15-22(6)23(7)18-26(13-3)25(9)24(8)19-27(16-17-28-10)21(5)12-2;1-4(2)3-5/h14-15,18-20,22H,5,7-9,11-13,16-17H2,1-4,6,10H3;3H,1H2,2H3/b15-14-,26-18-,27-19-;. The Morgan fingerprint density at radius 3 is 1.91 bits per heavy atom. The van der Waals surface area contributed by atoms with E-state index in [4.69, 9.17) is 4.74 Å². The molecule has 0 saturated carbocycles. The minimum absolute atomic E-state index is 0.310. The number of ether oxygens (including phenoxy) is 1. The Bertz CT molecular complexity index is 771. The van der Waals surface area contributed by atoms with E-state index in [1.807, 2.05) is 0 Å². The van der Waals surface area contributed by atoms with Gasteiger partial charge in [-0.25, -0.2) is 0 Å². The molecule has 0 aliphatic carbocycles. The van der Waals surface area contributed by atoms with Gasteiger partial charge in [-0.05, 0) is 71.5 Å². The summed E-state index contributed by atoms with van der Waals surface area (Å²) in [5.41, 5.74) is 7.08. The molecule has 0 saturated heterocycles. The zero-order valence-electron chi connectivity index (χ0n) is 22.4. The molecule has 184 valence electrons. The van der Waals surface area contributed by atoms with Crippen molar-refractivity contribution in [1.29, 1.82) is 0 Å². The van der Waals surface area contributed by atoms with Crippen LogP contribution in [0.1, 0.15) is 67.2 Å². The first kappa shape index (κ1) is 32.7. The lowest BCUT2D eigenvalue weighted by molar-refractivity contribution is -0.104. The number of hydrogen-bond acceptors (Lipinski definition) is 2. The maximum Gasteiger partial charge on any atom is 0.145 e. The molecule has 0 aliphatic rings. The van der Waals surface area contributed by atoms with Crippen molar-refractivity contribution in [3.05, 3.63) is 96.2 Å². The van der Waals surface area contributed by atoms with E-state index in [0.29, 0.717) is 24.0 Å². The predicted molar refractivity (Wildman–Crippen MR) is 148 cm³/mol. The number of methoxy groups -OCH3 is 1. The molecule has 33 heavy (non-hydrogen) atoms. The van der Waals surface area contributed by atoms with Gasteiger partial charge in [-0.2, -0.15) is 0 Å². The highest BCUT2D eigenvalue weighted by Gasteiger charge is 2.09. The SMILES string of the molecule is C=C(/C=C(/CCOC)C(=C)CC)C(=C)/C(=C\C(=C)C(C)/C=C\C(C)CC)CC.C=C(C)C=O. The second-order valence-electron chi connectivity index (χ2n) is 8.49. The molecule has 0 aromatic rings. The number of hydrogen-bond donors (Lipinski definition) is 0. The van der Waals surface area contributed by atoms with E-state index < -0.39 is 0 Å². The molecule has 2 nitrogen and oxygen atoms in total. The topological polar surface area (TPSA) is 26.3 Å². The van der Waals surface area contributed by atoms with Gasteiger partial charge in [0.1, 0.15) is 6.29 Å². The predicted octanol–water partition coefficient (Wildman–Crippen LogP) is 8.92. The Hall–Kier alpha value is -2.45. The summed E-state index contributed by atoms with van der Waals surface area (Å²) in [4.78, 5) is 9.41. The molecule has 2 unspecified atom stereocenters. The third-order valence-corrected chi connectivity index (χ3v) is 5.48. The summed E-state index contributed by atoms with van der Waals surface area (Å²) >= 11 is 0. The molecule has 0 radical (unpaired) electrons. The number of aldehydes is 1. The van der Waals surface area contributed by atoms with E-state index in [2.05, 4.69) is 91.8 Å². The van der Waals surface area contributed by atoms with Crippen LogP contribution in [0.4, 0.5) is 0 Å². The van der Waals surface area contributed by atoms with E-state index >= 15 is 0 Å². The monoisotopic (exact) mass is 452 g/mol. The van der Waals surface area contributed by atoms with Gasteiger partial charge in [0.05, 0.1) is 6.61 Å². The summed E-state index contributed by atoms with van der Waals surface area (Å²) in [5.74, 6) is 0.909. The lowest BCUT2D eigenvalue weighted by atomic mass is 9.90. The van der Waals surface area contributed by atoms with Crippen LogP contribution in [0.25, 0.3) is 0 Å². The second-order valence-corrected chi connectivity index (χ2v) is 8.49. The Balaban J connectivity index is 0. The minimum Gasteiger partial charge on any atom is -0.384 e. The Morgan fingerprint density at radius 1 is 0.909 bits per heavy atom. The van der Waals surface area contributed by atoms with Gasteiger partial charge in [-0.15, -0.1) is 0 Å². The highest BCUT2D eigenvalue weighted by atomic mass is 16.5. The summed E-state index contributed by atoms with van der Waals surface area (Å²) in [6.45, 7) is 33.6. The summed E-state index contributed by atoms with van der Waals surface area (Å²) in [5, 5.41) is 0. The zero-order chi connectivity index (χ0) is 26.0. The Morgan fingerprint density at radius 2 is 1.48 bits per heavy atom. The van der Waals surface area contributed by atoms with Crippen molar-refractivity contribution in [2.75, 3.05) is 13.7 Å². The van der Waals surface area contributed by atoms with E-state index in [0.717, 1.165) is 54.3 Å². The first-order valence-corrected chi connectivity index (χ1v) is 11.9. The summed E-state index contributed by atoms with van der Waals surface area (Å²) in [6, 6.07) is 0. The van der Waals surface area contributed by atoms with Gasteiger partial charge in [0.15, 0.2) is 0 Å². The number of allylic oxidation sites excluding steroid dienone is 10. The number of rotatable bonds is 15. The van der Waals surface area contributed by atoms with Crippen LogP contribution in [0, 0.1) is 11.8 Å². The van der Waals surface area contributed by atoms with Crippen LogP contribution in [0.3, 0.4) is 0 Å². The molecule has 0 aromatic heterocycles. The van der Waals surface area contributed by atoms with Crippen molar-refractivity contribution in [2.24, 2.45) is 11.8 Å². The fourth-order valence-electron chi connectivity index (χ4n) is 2.67. The molecule has 0 aromatic carbocycles. The van der Waals surface area contributed by atoms with Gasteiger partial charge >= 0.3 is 0 Å².